The molecule has 30 heavy (non-hydrogen) atoms. The number of aryl methyl sites for hydroxylation is 1. The van der Waals surface area contributed by atoms with Crippen LogP contribution < -0.4 is 10.0 Å². The Morgan fingerprint density at radius 1 is 1.20 bits per heavy atom. The van der Waals surface area contributed by atoms with Crippen molar-refractivity contribution in [3.05, 3.63) is 71.4 Å². The molecule has 0 bridgehead atoms. The maximum Gasteiger partial charge on any atom is 0.274 e. The van der Waals surface area contributed by atoms with Gasteiger partial charge < -0.3 is 5.32 Å². The molecule has 1 aromatic carbocycles. The molecule has 3 aromatic heterocycles. The van der Waals surface area contributed by atoms with Gasteiger partial charge in [-0.25, -0.2) is 22.8 Å². The number of benzene rings is 1. The fraction of sp³-hybridized carbons (Fsp3) is 0.105. The molecule has 0 unspecified atom stereocenters. The molecule has 154 valence electrons. The van der Waals surface area contributed by atoms with Crippen molar-refractivity contribution in [2.75, 3.05) is 10.0 Å². The SMILES string of the molecule is CCc1nc2ccc(F)cn2c1C(=O)Nc1ccc(S(=O)(=O)Nc2nccs2)cc1. The van der Waals surface area contributed by atoms with E-state index < -0.39 is 21.7 Å². The summed E-state index contributed by atoms with van der Waals surface area (Å²) in [6.07, 6.45) is 3.19. The first kappa shape index (κ1) is 20.0. The van der Waals surface area contributed by atoms with Crippen LogP contribution in [-0.4, -0.2) is 28.7 Å². The van der Waals surface area contributed by atoms with Crippen LogP contribution in [0.2, 0.25) is 0 Å². The number of nitrogens with one attached hydrogen (secondary N) is 2. The van der Waals surface area contributed by atoms with Gasteiger partial charge in [-0.15, -0.1) is 11.3 Å². The number of carbonyl (C=O) groups is 1. The predicted molar refractivity (Wildman–Crippen MR) is 112 cm³/mol. The second-order valence-corrected chi connectivity index (χ2v) is 8.83. The Hall–Kier alpha value is -3.31. The van der Waals surface area contributed by atoms with Gasteiger partial charge in [-0.05, 0) is 42.8 Å². The number of thiazole rings is 1. The maximum absolute atomic E-state index is 13.7. The number of fused-ring (bicyclic) bond motifs is 1. The number of halogens is 1. The van der Waals surface area contributed by atoms with Crippen LogP contribution in [0, 0.1) is 5.82 Å². The molecule has 2 N–H and O–H groups in total. The molecule has 0 fully saturated rings. The monoisotopic (exact) mass is 445 g/mol. The highest BCUT2D eigenvalue weighted by Crippen LogP contribution is 2.21. The minimum Gasteiger partial charge on any atom is -0.321 e. The normalized spacial score (nSPS) is 11.5. The highest BCUT2D eigenvalue weighted by atomic mass is 32.2. The third kappa shape index (κ3) is 3.89. The Balaban J connectivity index is 1.57. The molecular formula is C19H16FN5O3S2. The number of anilines is 2. The molecule has 3 heterocycles. The number of hydrogen-bond acceptors (Lipinski definition) is 6. The van der Waals surface area contributed by atoms with Crippen molar-refractivity contribution in [2.24, 2.45) is 0 Å². The standard InChI is InChI=1S/C19H16FN5O3S2/c1-2-15-17(25-11-12(20)3-8-16(25)23-15)18(26)22-13-4-6-14(7-5-13)30(27,28)24-19-21-9-10-29-19/h3-11H,2H2,1H3,(H,21,24)(H,22,26). The molecule has 4 aromatic rings. The first-order chi connectivity index (χ1) is 14.4. The fourth-order valence-corrected chi connectivity index (χ4v) is 4.70. The van der Waals surface area contributed by atoms with Crippen LogP contribution in [0.3, 0.4) is 0 Å². The zero-order valence-electron chi connectivity index (χ0n) is 15.7. The van der Waals surface area contributed by atoms with E-state index in [1.807, 2.05) is 6.92 Å². The number of rotatable bonds is 6. The van der Waals surface area contributed by atoms with Gasteiger partial charge in [0.25, 0.3) is 15.9 Å². The molecule has 8 nitrogen and oxygen atoms in total. The van der Waals surface area contributed by atoms with Gasteiger partial charge in [0, 0.05) is 23.5 Å². The molecule has 0 aliphatic heterocycles. The molecule has 1 amide bonds. The lowest BCUT2D eigenvalue weighted by molar-refractivity contribution is 0.102. The average molecular weight is 446 g/mol. The number of amides is 1. The minimum atomic E-state index is -3.79. The third-order valence-corrected chi connectivity index (χ3v) is 6.45. The largest absolute Gasteiger partial charge is 0.321 e. The third-order valence-electron chi connectivity index (χ3n) is 4.28. The van der Waals surface area contributed by atoms with Crippen LogP contribution in [-0.2, 0) is 16.4 Å². The summed E-state index contributed by atoms with van der Waals surface area (Å²) < 4.78 is 42.3. The van der Waals surface area contributed by atoms with Crippen molar-refractivity contribution >= 4 is 43.7 Å². The fourth-order valence-electron chi connectivity index (χ4n) is 2.91. The van der Waals surface area contributed by atoms with Crippen LogP contribution in [0.25, 0.3) is 5.65 Å². The summed E-state index contributed by atoms with van der Waals surface area (Å²) in [5, 5.41) is 4.63. The van der Waals surface area contributed by atoms with Crippen LogP contribution >= 0.6 is 11.3 Å². The van der Waals surface area contributed by atoms with Crippen LogP contribution in [0.5, 0.6) is 0 Å². The Morgan fingerprint density at radius 2 is 1.97 bits per heavy atom. The summed E-state index contributed by atoms with van der Waals surface area (Å²) in [7, 11) is -3.79. The molecule has 0 saturated heterocycles. The van der Waals surface area contributed by atoms with E-state index in [-0.39, 0.29) is 15.7 Å². The van der Waals surface area contributed by atoms with Crippen molar-refractivity contribution in [1.29, 1.82) is 0 Å². The van der Waals surface area contributed by atoms with Gasteiger partial charge in [0.1, 0.15) is 17.2 Å². The Morgan fingerprint density at radius 3 is 2.63 bits per heavy atom. The lowest BCUT2D eigenvalue weighted by Gasteiger charge is -2.09. The van der Waals surface area contributed by atoms with E-state index in [4.69, 9.17) is 0 Å². The number of sulfonamides is 1. The predicted octanol–water partition coefficient (Wildman–Crippen LogP) is 3.55. The topological polar surface area (TPSA) is 105 Å². The van der Waals surface area contributed by atoms with E-state index in [1.54, 1.807) is 5.38 Å². The van der Waals surface area contributed by atoms with Crippen LogP contribution in [0.15, 0.2) is 59.1 Å². The van der Waals surface area contributed by atoms with Crippen molar-refractivity contribution in [2.45, 2.75) is 18.2 Å². The summed E-state index contributed by atoms with van der Waals surface area (Å²) in [5.41, 5.74) is 1.62. The van der Waals surface area contributed by atoms with Gasteiger partial charge in [-0.1, -0.05) is 6.92 Å². The van der Waals surface area contributed by atoms with Gasteiger partial charge >= 0.3 is 0 Å². The quantitative estimate of drug-likeness (QED) is 0.472. The number of hydrogen-bond donors (Lipinski definition) is 2. The van der Waals surface area contributed by atoms with E-state index in [0.29, 0.717) is 23.4 Å². The molecule has 0 spiro atoms. The van der Waals surface area contributed by atoms with Gasteiger partial charge in [0.05, 0.1) is 10.6 Å². The van der Waals surface area contributed by atoms with Gasteiger partial charge in [-0.3, -0.25) is 13.9 Å². The summed E-state index contributed by atoms with van der Waals surface area (Å²) in [4.78, 5) is 21.1. The number of pyridine rings is 1. The van der Waals surface area contributed by atoms with Crippen LogP contribution in [0.1, 0.15) is 23.1 Å². The van der Waals surface area contributed by atoms with E-state index in [9.17, 15) is 17.6 Å². The van der Waals surface area contributed by atoms with E-state index in [0.717, 1.165) is 0 Å². The first-order valence-electron chi connectivity index (χ1n) is 8.87. The second-order valence-electron chi connectivity index (χ2n) is 6.26. The van der Waals surface area contributed by atoms with Gasteiger partial charge in [0.15, 0.2) is 5.13 Å². The van der Waals surface area contributed by atoms with Crippen molar-refractivity contribution in [3.8, 4) is 0 Å². The van der Waals surface area contributed by atoms with E-state index in [2.05, 4.69) is 20.0 Å². The molecule has 0 saturated carbocycles. The lowest BCUT2D eigenvalue weighted by Crippen LogP contribution is -2.17. The summed E-state index contributed by atoms with van der Waals surface area (Å²) in [5.74, 6) is -0.958. The van der Waals surface area contributed by atoms with E-state index in [1.165, 1.54) is 64.5 Å². The zero-order chi connectivity index (χ0) is 21.3. The smallest absolute Gasteiger partial charge is 0.274 e. The first-order valence-corrected chi connectivity index (χ1v) is 11.2. The second kappa shape index (κ2) is 7.84. The molecule has 0 aliphatic rings. The van der Waals surface area contributed by atoms with Gasteiger partial charge in [0.2, 0.25) is 0 Å². The Kier molecular flexibility index (Phi) is 5.22. The molecular weight excluding hydrogens is 429 g/mol. The minimum absolute atomic E-state index is 0.0295. The highest BCUT2D eigenvalue weighted by molar-refractivity contribution is 7.93. The Bertz CT molecular complexity index is 1320. The number of carbonyl (C=O) groups excluding carboxylic acids is 1. The highest BCUT2D eigenvalue weighted by Gasteiger charge is 2.20. The summed E-state index contributed by atoms with van der Waals surface area (Å²) >= 11 is 1.17. The average Bonchev–Trinajstić information content (AvgIpc) is 3.34. The maximum atomic E-state index is 13.7. The van der Waals surface area contributed by atoms with Crippen molar-refractivity contribution < 1.29 is 17.6 Å². The van der Waals surface area contributed by atoms with Crippen molar-refractivity contribution in [1.82, 2.24) is 14.4 Å². The van der Waals surface area contributed by atoms with E-state index >= 15 is 0 Å². The van der Waals surface area contributed by atoms with Crippen molar-refractivity contribution in [3.63, 3.8) is 0 Å². The van der Waals surface area contributed by atoms with Crippen LogP contribution in [0.4, 0.5) is 15.2 Å². The molecule has 0 atom stereocenters. The number of aromatic nitrogens is 3. The summed E-state index contributed by atoms with van der Waals surface area (Å²) in [6, 6.07) is 8.48. The number of nitrogens with zero attached hydrogens (tertiary/aromatic N) is 3. The lowest BCUT2D eigenvalue weighted by atomic mass is 10.2. The summed E-state index contributed by atoms with van der Waals surface area (Å²) in [6.45, 7) is 1.85. The number of imidazole rings is 1. The zero-order valence-corrected chi connectivity index (χ0v) is 17.3. The van der Waals surface area contributed by atoms with Gasteiger partial charge in [-0.2, -0.15) is 0 Å². The molecule has 0 aliphatic carbocycles. The molecule has 0 radical (unpaired) electrons. The molecule has 4 rings (SSSR count). The Labute approximate surface area is 175 Å². The molecule has 11 heteroatoms.